The average Bonchev–Trinajstić information content (AvgIpc) is 2.07. The third kappa shape index (κ3) is 1.58. The van der Waals surface area contributed by atoms with E-state index in [1.165, 1.54) is 6.07 Å². The Kier molecular flexibility index (Phi) is 2.70. The highest BCUT2D eigenvalue weighted by molar-refractivity contribution is 5.19. The fourth-order valence-electron chi connectivity index (χ4n) is 0.893. The summed E-state index contributed by atoms with van der Waals surface area (Å²) in [7, 11) is 1.60. The summed E-state index contributed by atoms with van der Waals surface area (Å²) in [6.07, 6.45) is 0. The molecule has 0 unspecified atom stereocenters. The van der Waals surface area contributed by atoms with Crippen molar-refractivity contribution in [2.75, 3.05) is 7.05 Å². The molecule has 1 aromatic rings. The summed E-state index contributed by atoms with van der Waals surface area (Å²) in [4.78, 5) is 0. The molecule has 0 saturated carbocycles. The lowest BCUT2D eigenvalue weighted by Crippen LogP contribution is -2.08. The molecule has 0 radical (unpaired) electrons. The van der Waals surface area contributed by atoms with E-state index in [1.54, 1.807) is 7.05 Å². The summed E-state index contributed by atoms with van der Waals surface area (Å²) in [5.41, 5.74) is 0.122. The van der Waals surface area contributed by atoms with E-state index in [4.69, 9.17) is 0 Å². The summed E-state index contributed by atoms with van der Waals surface area (Å²) in [5.74, 6) is -3.69. The molecule has 0 fully saturated rings. The second kappa shape index (κ2) is 3.58. The van der Waals surface area contributed by atoms with Gasteiger partial charge < -0.3 is 5.32 Å². The van der Waals surface area contributed by atoms with Gasteiger partial charge in [0, 0.05) is 12.1 Å². The van der Waals surface area contributed by atoms with E-state index in [0.717, 1.165) is 6.07 Å². The number of hydrogen-bond acceptors (Lipinski definition) is 1. The van der Waals surface area contributed by atoms with Crippen molar-refractivity contribution in [3.8, 4) is 0 Å². The highest BCUT2D eigenvalue weighted by atomic mass is 19.2. The molecule has 0 aliphatic rings. The molecule has 1 aromatic carbocycles. The lowest BCUT2D eigenvalue weighted by atomic mass is 10.2. The Morgan fingerprint density at radius 1 is 1.17 bits per heavy atom. The smallest absolute Gasteiger partial charge is 0.194 e. The molecule has 0 heterocycles. The Labute approximate surface area is 68.2 Å². The van der Waals surface area contributed by atoms with Gasteiger partial charge in [-0.3, -0.25) is 0 Å². The van der Waals surface area contributed by atoms with Gasteiger partial charge in [0.05, 0.1) is 0 Å². The van der Waals surface area contributed by atoms with Crippen LogP contribution in [0.2, 0.25) is 0 Å². The third-order valence-corrected chi connectivity index (χ3v) is 1.48. The van der Waals surface area contributed by atoms with E-state index in [1.807, 2.05) is 0 Å². The van der Waals surface area contributed by atoms with Crippen molar-refractivity contribution in [1.82, 2.24) is 5.32 Å². The molecule has 0 spiro atoms. The molecule has 0 aliphatic carbocycles. The molecule has 1 N–H and O–H groups in total. The average molecular weight is 175 g/mol. The maximum atomic E-state index is 12.8. The standard InChI is InChI=1S/C8H8F3N/c1-12-4-5-2-3-6(9)8(11)7(5)10/h2-3,12H,4H2,1H3. The molecule has 0 aromatic heterocycles. The summed E-state index contributed by atoms with van der Waals surface area (Å²) >= 11 is 0. The zero-order valence-electron chi connectivity index (χ0n) is 6.50. The molecule has 0 bridgehead atoms. The van der Waals surface area contributed by atoms with Crippen molar-refractivity contribution >= 4 is 0 Å². The summed E-state index contributed by atoms with van der Waals surface area (Å²) in [6, 6.07) is 2.12. The minimum absolute atomic E-state index is 0.122. The normalized spacial score (nSPS) is 10.3. The van der Waals surface area contributed by atoms with E-state index in [2.05, 4.69) is 5.32 Å². The first-order valence-electron chi connectivity index (χ1n) is 3.43. The lowest BCUT2D eigenvalue weighted by Gasteiger charge is -2.02. The Morgan fingerprint density at radius 3 is 2.42 bits per heavy atom. The first-order chi connectivity index (χ1) is 5.66. The van der Waals surface area contributed by atoms with Gasteiger partial charge >= 0.3 is 0 Å². The van der Waals surface area contributed by atoms with Crippen LogP contribution in [0.4, 0.5) is 13.2 Å². The van der Waals surface area contributed by atoms with Crippen molar-refractivity contribution in [3.05, 3.63) is 35.1 Å². The van der Waals surface area contributed by atoms with Gasteiger partial charge in [0.25, 0.3) is 0 Å². The third-order valence-electron chi connectivity index (χ3n) is 1.48. The van der Waals surface area contributed by atoms with Crippen molar-refractivity contribution in [2.24, 2.45) is 0 Å². The van der Waals surface area contributed by atoms with Crippen molar-refractivity contribution in [2.45, 2.75) is 6.54 Å². The van der Waals surface area contributed by atoms with Crippen LogP contribution < -0.4 is 5.32 Å². The minimum Gasteiger partial charge on any atom is -0.316 e. The van der Waals surface area contributed by atoms with Crippen LogP contribution in [0, 0.1) is 17.5 Å². The maximum absolute atomic E-state index is 12.8. The predicted octanol–water partition coefficient (Wildman–Crippen LogP) is 1.82. The Hall–Kier alpha value is -1.03. The first kappa shape index (κ1) is 9.06. The summed E-state index contributed by atoms with van der Waals surface area (Å²) < 4.78 is 37.7. The lowest BCUT2D eigenvalue weighted by molar-refractivity contribution is 0.439. The monoisotopic (exact) mass is 175 g/mol. The van der Waals surface area contributed by atoms with Gasteiger partial charge in [0.1, 0.15) is 0 Å². The largest absolute Gasteiger partial charge is 0.316 e. The molecule has 0 amide bonds. The molecule has 0 atom stereocenters. The first-order valence-corrected chi connectivity index (χ1v) is 3.43. The van der Waals surface area contributed by atoms with Gasteiger partial charge in [0.2, 0.25) is 0 Å². The quantitative estimate of drug-likeness (QED) is 0.676. The Bertz CT molecular complexity index is 286. The Morgan fingerprint density at radius 2 is 1.83 bits per heavy atom. The number of halogens is 3. The highest BCUT2D eigenvalue weighted by Crippen LogP contribution is 2.14. The number of hydrogen-bond donors (Lipinski definition) is 1. The molecule has 0 saturated heterocycles. The van der Waals surface area contributed by atoms with Crippen LogP contribution in [0.3, 0.4) is 0 Å². The zero-order chi connectivity index (χ0) is 9.14. The summed E-state index contributed by atoms with van der Waals surface area (Å²) in [5, 5.41) is 2.64. The van der Waals surface area contributed by atoms with E-state index in [9.17, 15) is 13.2 Å². The van der Waals surface area contributed by atoms with Crippen LogP contribution in [0.5, 0.6) is 0 Å². The van der Waals surface area contributed by atoms with Crippen LogP contribution in [-0.4, -0.2) is 7.05 Å². The fraction of sp³-hybridized carbons (Fsp3) is 0.250. The summed E-state index contributed by atoms with van der Waals surface area (Å²) in [6.45, 7) is 0.184. The van der Waals surface area contributed by atoms with Gasteiger partial charge in [0.15, 0.2) is 17.5 Å². The number of benzene rings is 1. The Balaban J connectivity index is 3.08. The molecule has 1 nitrogen and oxygen atoms in total. The molecular formula is C8H8F3N. The van der Waals surface area contributed by atoms with E-state index < -0.39 is 17.5 Å². The van der Waals surface area contributed by atoms with Crippen LogP contribution in [0.25, 0.3) is 0 Å². The predicted molar refractivity (Wildman–Crippen MR) is 39.1 cm³/mol. The van der Waals surface area contributed by atoms with Crippen molar-refractivity contribution in [3.63, 3.8) is 0 Å². The molecule has 1 rings (SSSR count). The van der Waals surface area contributed by atoms with E-state index in [0.29, 0.717) is 0 Å². The van der Waals surface area contributed by atoms with E-state index in [-0.39, 0.29) is 12.1 Å². The van der Waals surface area contributed by atoms with Crippen LogP contribution in [-0.2, 0) is 6.54 Å². The maximum Gasteiger partial charge on any atom is 0.194 e. The van der Waals surface area contributed by atoms with Gasteiger partial charge in [-0.15, -0.1) is 0 Å². The minimum atomic E-state index is -1.41. The second-order valence-corrected chi connectivity index (χ2v) is 2.36. The fourth-order valence-corrected chi connectivity index (χ4v) is 0.893. The van der Waals surface area contributed by atoms with Crippen LogP contribution >= 0.6 is 0 Å². The van der Waals surface area contributed by atoms with Crippen LogP contribution in [0.1, 0.15) is 5.56 Å². The van der Waals surface area contributed by atoms with Gasteiger partial charge in [-0.2, -0.15) is 0 Å². The van der Waals surface area contributed by atoms with E-state index >= 15 is 0 Å². The molecular weight excluding hydrogens is 167 g/mol. The van der Waals surface area contributed by atoms with Crippen molar-refractivity contribution in [1.29, 1.82) is 0 Å². The topological polar surface area (TPSA) is 12.0 Å². The molecule has 66 valence electrons. The van der Waals surface area contributed by atoms with Crippen molar-refractivity contribution < 1.29 is 13.2 Å². The number of rotatable bonds is 2. The van der Waals surface area contributed by atoms with Gasteiger partial charge in [-0.1, -0.05) is 6.07 Å². The van der Waals surface area contributed by atoms with Gasteiger partial charge in [-0.25, -0.2) is 13.2 Å². The highest BCUT2D eigenvalue weighted by Gasteiger charge is 2.11. The van der Waals surface area contributed by atoms with Gasteiger partial charge in [-0.05, 0) is 13.1 Å². The zero-order valence-corrected chi connectivity index (χ0v) is 6.50. The molecule has 12 heavy (non-hydrogen) atoms. The molecule has 4 heteroatoms. The number of nitrogens with one attached hydrogen (secondary N) is 1. The second-order valence-electron chi connectivity index (χ2n) is 2.36. The van der Waals surface area contributed by atoms with Crippen LogP contribution in [0.15, 0.2) is 12.1 Å². The molecule has 0 aliphatic heterocycles. The SMILES string of the molecule is CNCc1ccc(F)c(F)c1F.